The van der Waals surface area contributed by atoms with E-state index in [1.807, 2.05) is 0 Å². The fourth-order valence-corrected chi connectivity index (χ4v) is 1.38. The lowest BCUT2D eigenvalue weighted by molar-refractivity contribution is -0.385. The van der Waals surface area contributed by atoms with Gasteiger partial charge in [0, 0.05) is 6.07 Å². The fraction of sp³-hybridized carbons (Fsp3) is 0. The number of benzene rings is 1. The van der Waals surface area contributed by atoms with E-state index in [9.17, 15) is 14.9 Å². The number of hydrogen-bond acceptors (Lipinski definition) is 4. The van der Waals surface area contributed by atoms with Crippen LogP contribution in [0.2, 0.25) is 10.0 Å². The highest BCUT2D eigenvalue weighted by atomic mass is 35.5. The summed E-state index contributed by atoms with van der Waals surface area (Å²) < 4.78 is 0. The number of nitro benzene ring substituents is 1. The molecule has 0 saturated carbocycles. The van der Waals surface area contributed by atoms with Crippen molar-refractivity contribution in [1.29, 1.82) is 0 Å². The van der Waals surface area contributed by atoms with Crippen LogP contribution in [-0.4, -0.2) is 10.8 Å². The van der Waals surface area contributed by atoms with Gasteiger partial charge in [0.05, 0.1) is 15.0 Å². The normalized spacial score (nSPS) is 9.80. The number of nitrogens with zero attached hydrogens (tertiary/aromatic N) is 1. The molecular formula is C7H5Cl2N3O3. The Hall–Kier alpha value is -1.37. The second-order valence-electron chi connectivity index (χ2n) is 2.49. The quantitative estimate of drug-likeness (QED) is 0.359. The van der Waals surface area contributed by atoms with Gasteiger partial charge in [-0.2, -0.15) is 0 Å². The highest BCUT2D eigenvalue weighted by Crippen LogP contribution is 2.32. The van der Waals surface area contributed by atoms with Crippen molar-refractivity contribution >= 4 is 34.8 Å². The summed E-state index contributed by atoms with van der Waals surface area (Å²) in [6, 6.07) is 2.31. The molecule has 0 saturated heterocycles. The summed E-state index contributed by atoms with van der Waals surface area (Å²) in [6.45, 7) is 0. The SMILES string of the molecule is NNC(=O)c1c([N+](=O)[O-])ccc(Cl)c1Cl. The number of nitrogens with two attached hydrogens (primary N) is 1. The first-order chi connectivity index (χ1) is 6.99. The zero-order chi connectivity index (χ0) is 11.6. The van der Waals surface area contributed by atoms with Crippen LogP contribution in [0, 0.1) is 10.1 Å². The first kappa shape index (κ1) is 11.7. The van der Waals surface area contributed by atoms with Crippen molar-refractivity contribution in [3.05, 3.63) is 37.9 Å². The van der Waals surface area contributed by atoms with Crippen LogP contribution in [0.3, 0.4) is 0 Å². The van der Waals surface area contributed by atoms with Crippen molar-refractivity contribution < 1.29 is 9.72 Å². The number of hydrazine groups is 1. The van der Waals surface area contributed by atoms with Crippen LogP contribution < -0.4 is 11.3 Å². The highest BCUT2D eigenvalue weighted by Gasteiger charge is 2.24. The molecule has 0 unspecified atom stereocenters. The van der Waals surface area contributed by atoms with Crippen molar-refractivity contribution in [2.75, 3.05) is 0 Å². The fourth-order valence-electron chi connectivity index (χ4n) is 0.981. The third kappa shape index (κ3) is 2.17. The Bertz CT molecular complexity index is 436. The average molecular weight is 250 g/mol. The Kier molecular flexibility index (Phi) is 3.46. The lowest BCUT2D eigenvalue weighted by Gasteiger charge is -2.04. The second kappa shape index (κ2) is 4.43. The molecule has 0 aliphatic carbocycles. The van der Waals surface area contributed by atoms with Gasteiger partial charge in [-0.15, -0.1) is 0 Å². The summed E-state index contributed by atoms with van der Waals surface area (Å²) in [5, 5.41) is 10.4. The lowest BCUT2D eigenvalue weighted by atomic mass is 10.1. The third-order valence-electron chi connectivity index (χ3n) is 1.63. The molecule has 0 aromatic heterocycles. The summed E-state index contributed by atoms with van der Waals surface area (Å²) in [4.78, 5) is 21.1. The molecule has 1 aromatic carbocycles. The predicted octanol–water partition coefficient (Wildman–Crippen LogP) is 1.51. The van der Waals surface area contributed by atoms with Gasteiger partial charge in [0.15, 0.2) is 0 Å². The van der Waals surface area contributed by atoms with E-state index >= 15 is 0 Å². The van der Waals surface area contributed by atoms with Crippen LogP contribution in [0.15, 0.2) is 12.1 Å². The molecule has 8 heteroatoms. The van der Waals surface area contributed by atoms with E-state index in [2.05, 4.69) is 0 Å². The van der Waals surface area contributed by atoms with Crippen LogP contribution in [0.4, 0.5) is 5.69 Å². The zero-order valence-electron chi connectivity index (χ0n) is 7.16. The molecule has 6 nitrogen and oxygen atoms in total. The van der Waals surface area contributed by atoms with Gasteiger partial charge in [-0.3, -0.25) is 20.3 Å². The van der Waals surface area contributed by atoms with Crippen molar-refractivity contribution in [3.8, 4) is 0 Å². The van der Waals surface area contributed by atoms with Gasteiger partial charge in [-0.25, -0.2) is 5.84 Å². The first-order valence-electron chi connectivity index (χ1n) is 3.62. The number of carbonyl (C=O) groups is 1. The van der Waals surface area contributed by atoms with E-state index in [1.54, 1.807) is 5.43 Å². The van der Waals surface area contributed by atoms with Crippen LogP contribution in [0.5, 0.6) is 0 Å². The van der Waals surface area contributed by atoms with E-state index in [-0.39, 0.29) is 15.6 Å². The molecular weight excluding hydrogens is 245 g/mol. The predicted molar refractivity (Wildman–Crippen MR) is 54.8 cm³/mol. The van der Waals surface area contributed by atoms with Crippen molar-refractivity contribution in [2.45, 2.75) is 0 Å². The molecule has 3 N–H and O–H groups in total. The summed E-state index contributed by atoms with van der Waals surface area (Å²) in [5.74, 6) is 4.00. The monoisotopic (exact) mass is 249 g/mol. The van der Waals surface area contributed by atoms with Crippen LogP contribution in [0.1, 0.15) is 10.4 Å². The topological polar surface area (TPSA) is 98.3 Å². The van der Waals surface area contributed by atoms with Crippen molar-refractivity contribution in [2.24, 2.45) is 5.84 Å². The van der Waals surface area contributed by atoms with Crippen LogP contribution in [-0.2, 0) is 0 Å². The molecule has 0 aliphatic rings. The third-order valence-corrected chi connectivity index (χ3v) is 2.43. The van der Waals surface area contributed by atoms with E-state index < -0.39 is 16.5 Å². The second-order valence-corrected chi connectivity index (χ2v) is 3.27. The van der Waals surface area contributed by atoms with Gasteiger partial charge < -0.3 is 0 Å². The molecule has 0 bridgehead atoms. The number of nitro groups is 1. The minimum Gasteiger partial charge on any atom is -0.290 e. The summed E-state index contributed by atoms with van der Waals surface area (Å²) in [6.07, 6.45) is 0. The number of amides is 1. The number of rotatable bonds is 2. The van der Waals surface area contributed by atoms with Gasteiger partial charge in [0.1, 0.15) is 5.56 Å². The highest BCUT2D eigenvalue weighted by molar-refractivity contribution is 6.44. The zero-order valence-corrected chi connectivity index (χ0v) is 8.67. The minimum atomic E-state index is -0.866. The van der Waals surface area contributed by atoms with E-state index in [1.165, 1.54) is 6.07 Å². The smallest absolute Gasteiger partial charge is 0.283 e. The standard InChI is InChI=1S/C7H5Cl2N3O3/c8-3-1-2-4(12(14)15)5(6(3)9)7(13)11-10/h1-2H,10H2,(H,11,13). The molecule has 1 rings (SSSR count). The van der Waals surface area contributed by atoms with Crippen molar-refractivity contribution in [1.82, 2.24) is 5.43 Å². The molecule has 1 aromatic rings. The molecule has 80 valence electrons. The number of halogens is 2. The maximum Gasteiger partial charge on any atom is 0.283 e. The van der Waals surface area contributed by atoms with Crippen LogP contribution >= 0.6 is 23.2 Å². The Labute approximate surface area is 94.1 Å². The molecule has 0 heterocycles. The van der Waals surface area contributed by atoms with Gasteiger partial charge in [0.2, 0.25) is 0 Å². The van der Waals surface area contributed by atoms with Crippen LogP contribution in [0.25, 0.3) is 0 Å². The molecule has 1 amide bonds. The summed E-state index contributed by atoms with van der Waals surface area (Å²) >= 11 is 11.3. The Morgan fingerprint density at radius 1 is 1.47 bits per heavy atom. The number of nitrogens with one attached hydrogen (secondary N) is 1. The summed E-state index contributed by atoms with van der Waals surface area (Å²) in [7, 11) is 0. The van der Waals surface area contributed by atoms with Crippen molar-refractivity contribution in [3.63, 3.8) is 0 Å². The maximum atomic E-state index is 11.2. The lowest BCUT2D eigenvalue weighted by Crippen LogP contribution is -2.30. The number of hydrogen-bond donors (Lipinski definition) is 2. The molecule has 0 atom stereocenters. The Balaban J connectivity index is 3.48. The van der Waals surface area contributed by atoms with Gasteiger partial charge in [-0.1, -0.05) is 23.2 Å². The van der Waals surface area contributed by atoms with Gasteiger partial charge in [-0.05, 0) is 6.07 Å². The summed E-state index contributed by atoms with van der Waals surface area (Å²) in [5.41, 5.74) is 0.956. The molecule has 15 heavy (non-hydrogen) atoms. The van der Waals surface area contributed by atoms with E-state index in [4.69, 9.17) is 29.0 Å². The van der Waals surface area contributed by atoms with Gasteiger partial charge >= 0.3 is 0 Å². The number of nitrogen functional groups attached to an aromatic ring is 1. The molecule has 0 spiro atoms. The first-order valence-corrected chi connectivity index (χ1v) is 4.38. The molecule has 0 fully saturated rings. The molecule has 0 aliphatic heterocycles. The Morgan fingerprint density at radius 3 is 2.53 bits per heavy atom. The Morgan fingerprint density at radius 2 is 2.07 bits per heavy atom. The minimum absolute atomic E-state index is 0.0425. The van der Waals surface area contributed by atoms with Gasteiger partial charge in [0.25, 0.3) is 11.6 Å². The average Bonchev–Trinajstić information content (AvgIpc) is 2.20. The molecule has 0 radical (unpaired) electrons. The maximum absolute atomic E-state index is 11.2. The van der Waals surface area contributed by atoms with E-state index in [0.29, 0.717) is 0 Å². The number of carbonyl (C=O) groups excluding carboxylic acids is 1. The van der Waals surface area contributed by atoms with E-state index in [0.717, 1.165) is 6.07 Å². The largest absolute Gasteiger partial charge is 0.290 e.